The molecule has 0 saturated heterocycles. The van der Waals surface area contributed by atoms with Crippen LogP contribution in [0, 0.1) is 5.41 Å². The molecule has 0 rings (SSSR count). The molecule has 0 aliphatic heterocycles. The number of carbonyl (C=O) groups excluding carboxylic acids is 2. The van der Waals surface area contributed by atoms with Crippen LogP contribution in [0.2, 0.25) is 0 Å². The Morgan fingerprint density at radius 1 is 1.00 bits per heavy atom. The van der Waals surface area contributed by atoms with Crippen LogP contribution in [0.3, 0.4) is 0 Å². The predicted molar refractivity (Wildman–Crippen MR) is 69.6 cm³/mol. The normalized spacial score (nSPS) is 12.1. The van der Waals surface area contributed by atoms with Crippen molar-refractivity contribution in [2.45, 2.75) is 59.9 Å². The summed E-state index contributed by atoms with van der Waals surface area (Å²) in [6.07, 6.45) is 1.12. The molecule has 0 atom stereocenters. The van der Waals surface area contributed by atoms with Gasteiger partial charge in [-0.1, -0.05) is 20.8 Å². The molecule has 0 aromatic heterocycles. The smallest absolute Gasteiger partial charge is 0.225 e. The van der Waals surface area contributed by atoms with Crippen LogP contribution in [0.1, 0.15) is 54.4 Å². The largest absolute Gasteiger partial charge is 0.356 e. The lowest BCUT2D eigenvalue weighted by Gasteiger charge is -2.21. The summed E-state index contributed by atoms with van der Waals surface area (Å²) >= 11 is 0. The van der Waals surface area contributed by atoms with Crippen molar-refractivity contribution in [3.8, 4) is 0 Å². The second-order valence-electron chi connectivity index (χ2n) is 6.41. The number of amides is 2. The highest BCUT2D eigenvalue weighted by Gasteiger charge is 2.20. The fraction of sp³-hybridized carbons (Fsp3) is 0.846. The number of carbonyl (C=O) groups is 2. The van der Waals surface area contributed by atoms with E-state index in [1.807, 2.05) is 41.5 Å². The molecule has 0 aromatic carbocycles. The molecule has 0 spiro atoms. The van der Waals surface area contributed by atoms with Crippen molar-refractivity contribution in [2.24, 2.45) is 5.41 Å². The first-order valence-corrected chi connectivity index (χ1v) is 6.12. The average Bonchev–Trinajstić information content (AvgIpc) is 2.07. The molecule has 17 heavy (non-hydrogen) atoms. The first-order valence-electron chi connectivity index (χ1n) is 6.12. The van der Waals surface area contributed by atoms with Gasteiger partial charge in [-0.15, -0.1) is 0 Å². The summed E-state index contributed by atoms with van der Waals surface area (Å²) in [6.45, 7) is 12.0. The van der Waals surface area contributed by atoms with Gasteiger partial charge in [-0.3, -0.25) is 9.59 Å². The summed E-state index contributed by atoms with van der Waals surface area (Å²) in [4.78, 5) is 23.0. The fourth-order valence-electron chi connectivity index (χ4n) is 1.20. The molecular weight excluding hydrogens is 216 g/mol. The van der Waals surface area contributed by atoms with E-state index < -0.39 is 0 Å². The van der Waals surface area contributed by atoms with Crippen LogP contribution in [0.4, 0.5) is 0 Å². The number of hydrogen-bond donors (Lipinski definition) is 2. The van der Waals surface area contributed by atoms with Gasteiger partial charge in [0.15, 0.2) is 0 Å². The van der Waals surface area contributed by atoms with Crippen molar-refractivity contribution in [2.75, 3.05) is 6.54 Å². The molecule has 0 aliphatic rings. The van der Waals surface area contributed by atoms with Crippen LogP contribution < -0.4 is 10.6 Å². The van der Waals surface area contributed by atoms with Gasteiger partial charge in [0.05, 0.1) is 0 Å². The van der Waals surface area contributed by atoms with Gasteiger partial charge in [-0.25, -0.2) is 0 Å². The number of nitrogens with one attached hydrogen (secondary N) is 2. The van der Waals surface area contributed by atoms with Crippen LogP contribution >= 0.6 is 0 Å². The Hall–Kier alpha value is -1.06. The van der Waals surface area contributed by atoms with Gasteiger partial charge in [0.2, 0.25) is 11.8 Å². The third-order valence-corrected chi connectivity index (χ3v) is 2.06. The molecule has 0 fully saturated rings. The highest BCUT2D eigenvalue weighted by atomic mass is 16.2. The second kappa shape index (κ2) is 6.03. The predicted octanol–water partition coefficient (Wildman–Crippen LogP) is 1.84. The maximum absolute atomic E-state index is 11.5. The minimum atomic E-state index is -0.367. The molecular formula is C13H26N2O2. The van der Waals surface area contributed by atoms with E-state index in [0.717, 1.165) is 0 Å². The van der Waals surface area contributed by atoms with Gasteiger partial charge >= 0.3 is 0 Å². The van der Waals surface area contributed by atoms with E-state index in [0.29, 0.717) is 19.4 Å². The molecule has 2 amide bonds. The minimum absolute atomic E-state index is 0.0220. The Bertz CT molecular complexity index is 272. The molecule has 0 aromatic rings. The molecule has 0 radical (unpaired) electrons. The summed E-state index contributed by atoms with van der Waals surface area (Å²) in [6, 6.07) is 0. The van der Waals surface area contributed by atoms with Crippen molar-refractivity contribution in [3.63, 3.8) is 0 Å². The molecule has 4 heteroatoms. The first-order chi connectivity index (χ1) is 7.52. The van der Waals surface area contributed by atoms with Crippen molar-refractivity contribution in [1.29, 1.82) is 0 Å². The molecule has 2 N–H and O–H groups in total. The Kier molecular flexibility index (Phi) is 5.66. The van der Waals surface area contributed by atoms with E-state index >= 15 is 0 Å². The maximum atomic E-state index is 11.5. The summed E-state index contributed by atoms with van der Waals surface area (Å²) in [7, 11) is 0. The maximum Gasteiger partial charge on any atom is 0.225 e. The summed E-state index contributed by atoms with van der Waals surface area (Å²) in [5.41, 5.74) is -0.556. The highest BCUT2D eigenvalue weighted by Crippen LogP contribution is 2.12. The van der Waals surface area contributed by atoms with Gasteiger partial charge in [0, 0.05) is 23.9 Å². The zero-order valence-corrected chi connectivity index (χ0v) is 11.9. The second-order valence-corrected chi connectivity index (χ2v) is 6.41. The number of hydrogen-bond acceptors (Lipinski definition) is 2. The standard InChI is InChI=1S/C13H26N2O2/c1-12(2,3)11(17)14-9-7-8-10(16)15-13(4,5)6/h7-9H2,1-6H3,(H,14,17)(H,15,16). The van der Waals surface area contributed by atoms with Gasteiger partial charge in [0.1, 0.15) is 0 Å². The highest BCUT2D eigenvalue weighted by molar-refractivity contribution is 5.81. The summed E-state index contributed by atoms with van der Waals surface area (Å²) < 4.78 is 0. The van der Waals surface area contributed by atoms with Crippen LogP contribution in [0.15, 0.2) is 0 Å². The van der Waals surface area contributed by atoms with E-state index in [4.69, 9.17) is 0 Å². The summed E-state index contributed by atoms with van der Waals surface area (Å²) in [5.74, 6) is 0.0521. The van der Waals surface area contributed by atoms with E-state index in [2.05, 4.69) is 10.6 Å². The van der Waals surface area contributed by atoms with Crippen molar-refractivity contribution in [3.05, 3.63) is 0 Å². The third-order valence-electron chi connectivity index (χ3n) is 2.06. The molecule has 0 bridgehead atoms. The lowest BCUT2D eigenvalue weighted by atomic mass is 9.96. The van der Waals surface area contributed by atoms with Gasteiger partial charge < -0.3 is 10.6 Å². The van der Waals surface area contributed by atoms with E-state index in [1.165, 1.54) is 0 Å². The van der Waals surface area contributed by atoms with Crippen molar-refractivity contribution < 1.29 is 9.59 Å². The van der Waals surface area contributed by atoms with Crippen LogP contribution in [0.25, 0.3) is 0 Å². The first kappa shape index (κ1) is 15.9. The van der Waals surface area contributed by atoms with Crippen LogP contribution in [0.5, 0.6) is 0 Å². The molecule has 0 heterocycles. The topological polar surface area (TPSA) is 58.2 Å². The van der Waals surface area contributed by atoms with E-state index in [9.17, 15) is 9.59 Å². The monoisotopic (exact) mass is 242 g/mol. The Balaban J connectivity index is 3.73. The molecule has 100 valence electrons. The molecule has 0 aliphatic carbocycles. The summed E-state index contributed by atoms with van der Waals surface area (Å²) in [5, 5.41) is 5.71. The van der Waals surface area contributed by atoms with E-state index in [1.54, 1.807) is 0 Å². The van der Waals surface area contributed by atoms with Crippen LogP contribution in [-0.2, 0) is 9.59 Å². The molecule has 0 saturated carbocycles. The Labute approximate surface area is 105 Å². The number of rotatable bonds is 4. The van der Waals surface area contributed by atoms with Crippen molar-refractivity contribution >= 4 is 11.8 Å². The molecule has 4 nitrogen and oxygen atoms in total. The Morgan fingerprint density at radius 3 is 1.94 bits per heavy atom. The van der Waals surface area contributed by atoms with Gasteiger partial charge in [-0.05, 0) is 27.2 Å². The molecule has 0 unspecified atom stereocenters. The zero-order valence-electron chi connectivity index (χ0n) is 11.9. The van der Waals surface area contributed by atoms with Crippen LogP contribution in [-0.4, -0.2) is 23.9 Å². The Morgan fingerprint density at radius 2 is 1.53 bits per heavy atom. The lowest BCUT2D eigenvalue weighted by Crippen LogP contribution is -2.41. The average molecular weight is 242 g/mol. The lowest BCUT2D eigenvalue weighted by molar-refractivity contribution is -0.129. The van der Waals surface area contributed by atoms with Crippen molar-refractivity contribution in [1.82, 2.24) is 10.6 Å². The van der Waals surface area contributed by atoms with Gasteiger partial charge in [-0.2, -0.15) is 0 Å². The fourth-order valence-corrected chi connectivity index (χ4v) is 1.20. The zero-order chi connectivity index (χ0) is 13.7. The van der Waals surface area contributed by atoms with Gasteiger partial charge in [0.25, 0.3) is 0 Å². The quantitative estimate of drug-likeness (QED) is 0.739. The third kappa shape index (κ3) is 8.72. The SMILES string of the molecule is CC(C)(C)NC(=O)CCCNC(=O)C(C)(C)C. The minimum Gasteiger partial charge on any atom is -0.356 e. The van der Waals surface area contributed by atoms with E-state index in [-0.39, 0.29) is 22.8 Å².